The van der Waals surface area contributed by atoms with Crippen LogP contribution in [-0.2, 0) is 27.6 Å². The number of rotatable bonds is 12. The van der Waals surface area contributed by atoms with Gasteiger partial charge in [0.1, 0.15) is 24.3 Å². The molecule has 1 unspecified atom stereocenters. The summed E-state index contributed by atoms with van der Waals surface area (Å²) in [5, 5.41) is 12.6. The number of aryl methyl sites for hydroxylation is 1. The first kappa shape index (κ1) is 30.3. The van der Waals surface area contributed by atoms with Gasteiger partial charge in [-0.15, -0.1) is 0 Å². The second-order valence-corrected chi connectivity index (χ2v) is 11.4. The van der Waals surface area contributed by atoms with E-state index in [1.54, 1.807) is 10.9 Å². The number of imidazole rings is 1. The molecule has 0 spiro atoms. The average Bonchev–Trinajstić information content (AvgIpc) is 3.72. The Bertz CT molecular complexity index is 1730. The molecule has 3 aromatic rings. The third-order valence-corrected chi connectivity index (χ3v) is 8.35. The summed E-state index contributed by atoms with van der Waals surface area (Å²) in [5.74, 6) is 0.246. The summed E-state index contributed by atoms with van der Waals surface area (Å²) in [7, 11) is -4.26. The van der Waals surface area contributed by atoms with Gasteiger partial charge in [-0.05, 0) is 25.3 Å². The Morgan fingerprint density at radius 3 is 2.81 bits per heavy atom. The fourth-order valence-electron chi connectivity index (χ4n) is 4.77. The van der Waals surface area contributed by atoms with Gasteiger partial charge in [0.15, 0.2) is 11.5 Å². The monoisotopic (exact) mass is 617 g/mol. The zero-order valence-corrected chi connectivity index (χ0v) is 23.8. The van der Waals surface area contributed by atoms with E-state index in [0.29, 0.717) is 24.0 Å². The number of azide groups is 1. The number of phosphoric ester groups is 1. The van der Waals surface area contributed by atoms with Crippen LogP contribution in [0.1, 0.15) is 43.7 Å². The maximum atomic E-state index is 13.5. The summed E-state index contributed by atoms with van der Waals surface area (Å²) >= 11 is 0. The molecule has 5 rings (SSSR count). The van der Waals surface area contributed by atoms with Crippen molar-refractivity contribution in [2.75, 3.05) is 25.6 Å². The minimum Gasteiger partial charge on any atom is -0.382 e. The molecule has 3 aromatic heterocycles. The van der Waals surface area contributed by atoms with E-state index < -0.39 is 56.4 Å². The molecule has 0 bridgehead atoms. The van der Waals surface area contributed by atoms with Crippen molar-refractivity contribution in [3.63, 3.8) is 0 Å². The van der Waals surface area contributed by atoms with Gasteiger partial charge < -0.3 is 15.2 Å². The second-order valence-electron chi connectivity index (χ2n) is 9.77. The quantitative estimate of drug-likeness (QED) is 0.0969. The number of ether oxygens (including phenoxy) is 2. The third-order valence-electron chi connectivity index (χ3n) is 6.92. The third kappa shape index (κ3) is 6.76. The van der Waals surface area contributed by atoms with E-state index in [0.717, 1.165) is 0 Å². The highest BCUT2D eigenvalue weighted by Crippen LogP contribution is 2.51. The minimum absolute atomic E-state index is 0.0742. The molecule has 2 aliphatic rings. The van der Waals surface area contributed by atoms with Gasteiger partial charge in [-0.2, -0.15) is 5.26 Å². The molecule has 2 saturated heterocycles. The summed E-state index contributed by atoms with van der Waals surface area (Å²) in [6, 6.07) is 1.09. The number of fused-ring (bicyclic) bond motifs is 1. The highest BCUT2D eigenvalue weighted by Gasteiger charge is 2.40. The molecule has 0 aliphatic carbocycles. The smallest absolute Gasteiger partial charge is 0.382 e. The summed E-state index contributed by atoms with van der Waals surface area (Å²) < 4.78 is 44.9. The predicted molar refractivity (Wildman–Crippen MR) is 146 cm³/mol. The number of phosphoric acid groups is 1. The number of aromatic nitrogens is 6. The van der Waals surface area contributed by atoms with E-state index in [1.165, 1.54) is 24.0 Å². The molecular weight excluding hydrogens is 589 g/mol. The van der Waals surface area contributed by atoms with Crippen LogP contribution < -0.4 is 17.0 Å². The molecule has 0 amide bonds. The molecule has 43 heavy (non-hydrogen) atoms. The van der Waals surface area contributed by atoms with Gasteiger partial charge in [-0.25, -0.2) is 24.3 Å². The van der Waals surface area contributed by atoms with Crippen LogP contribution >= 0.6 is 7.82 Å². The van der Waals surface area contributed by atoms with Crippen LogP contribution in [0.25, 0.3) is 21.6 Å². The predicted octanol–water partition coefficient (Wildman–Crippen LogP) is 1.98. The zero-order valence-electron chi connectivity index (χ0n) is 22.9. The number of hydrogen-bond donors (Lipinski definition) is 2. The van der Waals surface area contributed by atoms with E-state index in [4.69, 9.17) is 39.6 Å². The first-order valence-electron chi connectivity index (χ1n) is 13.2. The van der Waals surface area contributed by atoms with Crippen LogP contribution in [0.15, 0.2) is 33.6 Å². The first-order chi connectivity index (χ1) is 20.7. The normalized spacial score (nSPS) is 24.9. The van der Waals surface area contributed by atoms with Crippen LogP contribution in [-0.4, -0.2) is 67.1 Å². The number of nitriles is 1. The van der Waals surface area contributed by atoms with Gasteiger partial charge in [0, 0.05) is 23.1 Å². The zero-order chi connectivity index (χ0) is 30.6. The molecule has 19 nitrogen and oxygen atoms in total. The Kier molecular flexibility index (Phi) is 9.18. The molecule has 5 heterocycles. The Labute approximate surface area is 242 Å². The van der Waals surface area contributed by atoms with Gasteiger partial charge in [-0.3, -0.25) is 32.5 Å². The molecule has 2 fully saturated rings. The Hall–Kier alpha value is -4.14. The molecule has 6 atom stereocenters. The highest BCUT2D eigenvalue weighted by atomic mass is 31.2. The van der Waals surface area contributed by atoms with Gasteiger partial charge in [-0.1, -0.05) is 5.11 Å². The summed E-state index contributed by atoms with van der Waals surface area (Å²) in [6.45, 7) is 0.741. The standard InChI is InChI=1S/C23H28N11O8P/c1-13-8-33(23(36)30-22(13)35)18-7-15(31-32-26)16(42-18)10-40-43(37,38-6-2-5-24)39-9-14-3-4-17(41-14)34-12-29-19-20(25)27-11-28-21(19)34/h8,11-12,14-18H,2-4,6-7,9-10H2,1H3,(H2,25,27,28)(H,30,35,36)/t14-,15-,16+,17+,18+,43?/m0/s1. The van der Waals surface area contributed by atoms with Crippen molar-refractivity contribution in [1.82, 2.24) is 29.1 Å². The Balaban J connectivity index is 1.23. The van der Waals surface area contributed by atoms with Gasteiger partial charge in [0.05, 0.1) is 56.9 Å². The SMILES string of the molecule is Cc1cn([C@H]2C[C@H](N=[N+]=[N-])[C@@H](COP(=O)(OCCC#N)OC[C@@H]3CC[C@H](n4cnc5c(N)ncnc54)O3)O2)c(=O)[nH]c1=O. The second kappa shape index (κ2) is 13.0. The highest BCUT2D eigenvalue weighted by molar-refractivity contribution is 7.48. The largest absolute Gasteiger partial charge is 0.474 e. The van der Waals surface area contributed by atoms with Crippen LogP contribution in [0.4, 0.5) is 5.82 Å². The number of nitrogen functional groups attached to an aromatic ring is 1. The molecule has 0 radical (unpaired) electrons. The van der Waals surface area contributed by atoms with Crippen LogP contribution in [0.3, 0.4) is 0 Å². The average molecular weight is 618 g/mol. The van der Waals surface area contributed by atoms with E-state index in [2.05, 4.69) is 30.0 Å². The number of nitrogens with zero attached hydrogens (tertiary/aromatic N) is 9. The van der Waals surface area contributed by atoms with E-state index in [1.807, 2.05) is 6.07 Å². The van der Waals surface area contributed by atoms with Crippen LogP contribution in [0.5, 0.6) is 0 Å². The van der Waals surface area contributed by atoms with Crippen molar-refractivity contribution in [2.45, 2.75) is 63.3 Å². The van der Waals surface area contributed by atoms with Gasteiger partial charge in [0.2, 0.25) is 0 Å². The number of anilines is 1. The molecule has 2 aliphatic heterocycles. The molecule has 3 N–H and O–H groups in total. The number of H-pyrrole nitrogens is 1. The maximum absolute atomic E-state index is 13.5. The van der Waals surface area contributed by atoms with Crippen molar-refractivity contribution in [2.24, 2.45) is 5.11 Å². The lowest BCUT2D eigenvalue weighted by Crippen LogP contribution is -2.33. The molecule has 0 saturated carbocycles. The molecule has 228 valence electrons. The molecule has 0 aromatic carbocycles. The van der Waals surface area contributed by atoms with E-state index in [-0.39, 0.29) is 37.4 Å². The lowest BCUT2D eigenvalue weighted by molar-refractivity contribution is -0.0403. The van der Waals surface area contributed by atoms with E-state index >= 15 is 0 Å². The van der Waals surface area contributed by atoms with Crippen molar-refractivity contribution >= 4 is 24.8 Å². The lowest BCUT2D eigenvalue weighted by atomic mass is 10.1. The number of aromatic amines is 1. The number of hydrogen-bond acceptors (Lipinski definition) is 14. The number of nitrogens with two attached hydrogens (primary N) is 1. The fourth-order valence-corrected chi connectivity index (χ4v) is 5.99. The maximum Gasteiger partial charge on any atom is 0.474 e. The topological polar surface area (TPSA) is 260 Å². The minimum atomic E-state index is -4.26. The summed E-state index contributed by atoms with van der Waals surface area (Å²) in [6.07, 6.45) is 2.61. The van der Waals surface area contributed by atoms with Crippen molar-refractivity contribution in [3.05, 3.63) is 55.7 Å². The molecular formula is C23H28N11O8P. The fraction of sp³-hybridized carbons (Fsp3) is 0.565. The van der Waals surface area contributed by atoms with Crippen molar-refractivity contribution in [3.8, 4) is 6.07 Å². The number of nitrogens with one attached hydrogen (secondary N) is 1. The molecule has 20 heteroatoms. The van der Waals surface area contributed by atoms with Crippen molar-refractivity contribution < 1.29 is 27.6 Å². The Morgan fingerprint density at radius 1 is 1.21 bits per heavy atom. The summed E-state index contributed by atoms with van der Waals surface area (Å²) in [4.78, 5) is 41.6. The van der Waals surface area contributed by atoms with Crippen molar-refractivity contribution in [1.29, 1.82) is 5.26 Å². The van der Waals surface area contributed by atoms with Gasteiger partial charge in [0.25, 0.3) is 5.56 Å². The van der Waals surface area contributed by atoms with Crippen LogP contribution in [0.2, 0.25) is 0 Å². The van der Waals surface area contributed by atoms with Gasteiger partial charge >= 0.3 is 13.5 Å². The first-order valence-corrected chi connectivity index (χ1v) is 14.7. The lowest BCUT2D eigenvalue weighted by Gasteiger charge is -2.22. The Morgan fingerprint density at radius 2 is 2.02 bits per heavy atom. The van der Waals surface area contributed by atoms with Crippen LogP contribution in [0, 0.1) is 18.3 Å². The summed E-state index contributed by atoms with van der Waals surface area (Å²) in [5.41, 5.74) is 14.9. The van der Waals surface area contributed by atoms with E-state index in [9.17, 15) is 14.2 Å².